The van der Waals surface area contributed by atoms with Crippen molar-refractivity contribution in [1.29, 1.82) is 0 Å². The number of nitrogens with one attached hydrogen (secondary N) is 1. The smallest absolute Gasteiger partial charge is 0.381 e. The van der Waals surface area contributed by atoms with E-state index in [2.05, 4.69) is 47.4 Å². The summed E-state index contributed by atoms with van der Waals surface area (Å²) in [7, 11) is 2.17. The number of carbonyl (C=O) groups excluding carboxylic acids is 1. The first-order valence-corrected chi connectivity index (χ1v) is 14.2. The Bertz CT molecular complexity index is 1610. The maximum Gasteiger partial charge on any atom is 0.416 e. The maximum absolute atomic E-state index is 13.1. The lowest BCUT2D eigenvalue weighted by Crippen LogP contribution is -2.55. The summed E-state index contributed by atoms with van der Waals surface area (Å²) in [6.45, 7) is 6.30. The van der Waals surface area contributed by atoms with Crippen molar-refractivity contribution in [3.8, 4) is 16.9 Å². The van der Waals surface area contributed by atoms with Gasteiger partial charge in [0.1, 0.15) is 11.4 Å². The molecule has 0 amide bonds. The van der Waals surface area contributed by atoms with E-state index in [0.29, 0.717) is 34.7 Å². The van der Waals surface area contributed by atoms with Gasteiger partial charge >= 0.3 is 6.18 Å². The number of Topliss-reactive ketones (excluding diaryl/α,β-unsaturated/α-hetero) is 1. The molecule has 1 saturated heterocycles. The van der Waals surface area contributed by atoms with Gasteiger partial charge in [-0.1, -0.05) is 5.21 Å². The lowest BCUT2D eigenvalue weighted by Gasteiger charge is -2.46. The predicted octanol–water partition coefficient (Wildman–Crippen LogP) is 4.06. The molecule has 224 valence electrons. The van der Waals surface area contributed by atoms with Crippen molar-refractivity contribution in [2.24, 2.45) is 0 Å². The van der Waals surface area contributed by atoms with Gasteiger partial charge < -0.3 is 10.2 Å². The van der Waals surface area contributed by atoms with E-state index in [1.54, 1.807) is 30.1 Å². The van der Waals surface area contributed by atoms with Crippen molar-refractivity contribution in [1.82, 2.24) is 39.7 Å². The SMILES string of the molecule is Cc1ncc(CC(=O)c2cc(C(F)(F)F)ccn2)cc1-n1cc(-c2cncc(NC3CC(N4CCN(C)CC4)C3)c2)nn1. The molecule has 4 aromatic heterocycles. The van der Waals surface area contributed by atoms with Gasteiger partial charge in [-0.2, -0.15) is 13.2 Å². The van der Waals surface area contributed by atoms with Crippen LogP contribution in [0.15, 0.2) is 55.2 Å². The summed E-state index contributed by atoms with van der Waals surface area (Å²) in [6, 6.07) is 6.38. The van der Waals surface area contributed by atoms with E-state index >= 15 is 0 Å². The number of alkyl halides is 3. The van der Waals surface area contributed by atoms with Crippen molar-refractivity contribution in [2.45, 2.75) is 44.4 Å². The Balaban J connectivity index is 1.11. The Labute approximate surface area is 247 Å². The largest absolute Gasteiger partial charge is 0.416 e. The van der Waals surface area contributed by atoms with Crippen molar-refractivity contribution in [3.05, 3.63) is 77.8 Å². The van der Waals surface area contributed by atoms with Crippen LogP contribution in [0.2, 0.25) is 0 Å². The van der Waals surface area contributed by atoms with Crippen LogP contribution in [0.4, 0.5) is 18.9 Å². The standard InChI is InChI=1S/C30H32F3N9O/c1-19-28(9-20(15-36-19)10-29(43)26-12-22(3-4-35-26)30(31,32)33)42-18-27(38-39-42)21-11-24(17-34-16-21)37-23-13-25(14-23)41-7-5-40(2)6-8-41/h3-4,9,11-12,15-18,23,25,37H,5-8,10,13-14H2,1-2H3. The van der Waals surface area contributed by atoms with Gasteiger partial charge in [0, 0.05) is 75.0 Å². The average Bonchev–Trinajstić information content (AvgIpc) is 3.46. The molecule has 0 aromatic carbocycles. The molecule has 4 aromatic rings. The highest BCUT2D eigenvalue weighted by atomic mass is 19.4. The number of hydrogen-bond donors (Lipinski definition) is 1. The lowest BCUT2D eigenvalue weighted by atomic mass is 9.85. The third kappa shape index (κ3) is 6.57. The topological polar surface area (TPSA) is 105 Å². The number of hydrogen-bond acceptors (Lipinski definition) is 9. The minimum Gasteiger partial charge on any atom is -0.381 e. The molecule has 1 saturated carbocycles. The van der Waals surface area contributed by atoms with Crippen LogP contribution in [0.1, 0.15) is 40.2 Å². The second-order valence-corrected chi connectivity index (χ2v) is 11.3. The number of likely N-dealkylation sites (N-methyl/N-ethyl adjacent to an activating group) is 1. The summed E-state index contributed by atoms with van der Waals surface area (Å²) in [5.74, 6) is -0.543. The zero-order chi connectivity index (χ0) is 30.1. The quantitative estimate of drug-likeness (QED) is 0.304. The monoisotopic (exact) mass is 591 g/mol. The Morgan fingerprint density at radius 3 is 2.60 bits per heavy atom. The van der Waals surface area contributed by atoms with Gasteiger partial charge in [0.15, 0.2) is 5.78 Å². The highest BCUT2D eigenvalue weighted by Gasteiger charge is 2.35. The zero-order valence-corrected chi connectivity index (χ0v) is 23.9. The average molecular weight is 592 g/mol. The molecular weight excluding hydrogens is 559 g/mol. The summed E-state index contributed by atoms with van der Waals surface area (Å²) in [4.78, 5) is 30.3. The second kappa shape index (κ2) is 11.8. The normalized spacial score (nSPS) is 19.7. The number of anilines is 1. The molecule has 0 radical (unpaired) electrons. The highest BCUT2D eigenvalue weighted by Crippen LogP contribution is 2.31. The van der Waals surface area contributed by atoms with Crippen LogP contribution in [0.5, 0.6) is 0 Å². The van der Waals surface area contributed by atoms with E-state index in [9.17, 15) is 18.0 Å². The summed E-state index contributed by atoms with van der Waals surface area (Å²) < 4.78 is 40.8. The minimum atomic E-state index is -4.56. The van der Waals surface area contributed by atoms with Crippen LogP contribution in [-0.2, 0) is 12.6 Å². The van der Waals surface area contributed by atoms with E-state index in [4.69, 9.17) is 0 Å². The molecule has 0 atom stereocenters. The van der Waals surface area contributed by atoms with Crippen molar-refractivity contribution in [2.75, 3.05) is 38.5 Å². The van der Waals surface area contributed by atoms with E-state index in [1.807, 2.05) is 12.3 Å². The number of halogens is 3. The Kier molecular flexibility index (Phi) is 7.93. The number of aryl methyl sites for hydroxylation is 1. The first-order chi connectivity index (χ1) is 20.6. The summed E-state index contributed by atoms with van der Waals surface area (Å²) in [6.07, 6.45) is 5.32. The van der Waals surface area contributed by atoms with E-state index in [0.717, 1.165) is 68.6 Å². The van der Waals surface area contributed by atoms with Crippen molar-refractivity contribution >= 4 is 11.5 Å². The molecule has 43 heavy (non-hydrogen) atoms. The number of carbonyl (C=O) groups is 1. The van der Waals surface area contributed by atoms with Gasteiger partial charge in [0.2, 0.25) is 0 Å². The van der Waals surface area contributed by atoms with Crippen molar-refractivity contribution < 1.29 is 18.0 Å². The number of aromatic nitrogens is 6. The summed E-state index contributed by atoms with van der Waals surface area (Å²) >= 11 is 0. The van der Waals surface area contributed by atoms with Crippen LogP contribution in [0, 0.1) is 6.92 Å². The summed E-state index contributed by atoms with van der Waals surface area (Å²) in [5, 5.41) is 12.2. The molecule has 0 unspecified atom stereocenters. The van der Waals surface area contributed by atoms with Crippen LogP contribution in [0.25, 0.3) is 16.9 Å². The first-order valence-electron chi connectivity index (χ1n) is 14.2. The van der Waals surface area contributed by atoms with Gasteiger partial charge in [-0.25, -0.2) is 4.68 Å². The van der Waals surface area contributed by atoms with Gasteiger partial charge in [-0.05, 0) is 56.6 Å². The fourth-order valence-corrected chi connectivity index (χ4v) is 5.53. The fourth-order valence-electron chi connectivity index (χ4n) is 5.53. The van der Waals surface area contributed by atoms with Gasteiger partial charge in [0.05, 0.1) is 28.8 Å². The third-order valence-corrected chi connectivity index (χ3v) is 8.17. The molecule has 1 N–H and O–H groups in total. The molecule has 2 aliphatic rings. The zero-order valence-electron chi connectivity index (χ0n) is 23.9. The number of pyridine rings is 3. The van der Waals surface area contributed by atoms with Crippen LogP contribution in [0.3, 0.4) is 0 Å². The molecule has 10 nitrogen and oxygen atoms in total. The lowest BCUT2D eigenvalue weighted by molar-refractivity contribution is -0.137. The molecular formula is C30H32F3N9O. The molecule has 0 spiro atoms. The van der Waals surface area contributed by atoms with E-state index in [1.165, 1.54) is 6.20 Å². The molecule has 0 bridgehead atoms. The van der Waals surface area contributed by atoms with Crippen molar-refractivity contribution in [3.63, 3.8) is 0 Å². The van der Waals surface area contributed by atoms with Crippen LogP contribution >= 0.6 is 0 Å². The predicted molar refractivity (Wildman–Crippen MR) is 154 cm³/mol. The second-order valence-electron chi connectivity index (χ2n) is 11.3. The number of nitrogens with zero attached hydrogens (tertiary/aromatic N) is 8. The molecule has 1 aliphatic carbocycles. The van der Waals surface area contributed by atoms with E-state index < -0.39 is 17.5 Å². The van der Waals surface area contributed by atoms with Gasteiger partial charge in [0.25, 0.3) is 0 Å². The molecule has 13 heteroatoms. The third-order valence-electron chi connectivity index (χ3n) is 8.17. The number of rotatable bonds is 8. The van der Waals surface area contributed by atoms with Crippen LogP contribution < -0.4 is 5.32 Å². The number of ketones is 1. The van der Waals surface area contributed by atoms with E-state index in [-0.39, 0.29) is 12.1 Å². The van der Waals surface area contributed by atoms with Crippen LogP contribution in [-0.4, -0.2) is 90.8 Å². The summed E-state index contributed by atoms with van der Waals surface area (Å²) in [5.41, 5.74) is 2.96. The Morgan fingerprint density at radius 1 is 1.05 bits per heavy atom. The number of piperazine rings is 1. The fraction of sp³-hybridized carbons (Fsp3) is 0.400. The Morgan fingerprint density at radius 2 is 1.84 bits per heavy atom. The maximum atomic E-state index is 13.1. The minimum absolute atomic E-state index is 0.162. The van der Waals surface area contributed by atoms with Gasteiger partial charge in [-0.3, -0.25) is 24.6 Å². The molecule has 5 heterocycles. The molecule has 1 aliphatic heterocycles. The van der Waals surface area contributed by atoms with Gasteiger partial charge in [-0.15, -0.1) is 5.10 Å². The molecule has 6 rings (SSSR count). The first kappa shape index (κ1) is 28.9. The molecule has 2 fully saturated rings. The highest BCUT2D eigenvalue weighted by molar-refractivity contribution is 5.95. The Hall–Kier alpha value is -4.23.